The van der Waals surface area contributed by atoms with Gasteiger partial charge in [-0.1, -0.05) is 31.2 Å². The quantitative estimate of drug-likeness (QED) is 0.696. The fourth-order valence-corrected chi connectivity index (χ4v) is 3.41. The summed E-state index contributed by atoms with van der Waals surface area (Å²) < 4.78 is 5.59. The van der Waals surface area contributed by atoms with Crippen molar-refractivity contribution in [1.29, 1.82) is 0 Å². The molecule has 1 aliphatic rings. The van der Waals surface area contributed by atoms with Gasteiger partial charge in [-0.25, -0.2) is 0 Å². The van der Waals surface area contributed by atoms with Crippen molar-refractivity contribution in [2.45, 2.75) is 27.2 Å². The maximum absolute atomic E-state index is 12.5. The van der Waals surface area contributed by atoms with E-state index in [1.807, 2.05) is 35.2 Å². The Morgan fingerprint density at radius 2 is 1.75 bits per heavy atom. The van der Waals surface area contributed by atoms with Crippen molar-refractivity contribution in [3.63, 3.8) is 0 Å². The largest absolute Gasteiger partial charge is 0.494 e. The molecule has 0 radical (unpaired) electrons. The van der Waals surface area contributed by atoms with E-state index in [4.69, 9.17) is 4.74 Å². The zero-order valence-electron chi connectivity index (χ0n) is 17.1. The van der Waals surface area contributed by atoms with E-state index in [1.165, 1.54) is 16.8 Å². The molecule has 0 saturated carbocycles. The van der Waals surface area contributed by atoms with Crippen molar-refractivity contribution in [2.75, 3.05) is 37.7 Å². The highest BCUT2D eigenvalue weighted by Gasteiger charge is 2.20. The van der Waals surface area contributed by atoms with E-state index in [1.54, 1.807) is 6.08 Å². The summed E-state index contributed by atoms with van der Waals surface area (Å²) in [5, 5.41) is 0. The van der Waals surface area contributed by atoms with Gasteiger partial charge >= 0.3 is 0 Å². The standard InChI is InChI=1S/C24H30N2O2/c1-4-18-28-22-11-8-21(9-12-22)10-13-24(27)26-16-14-25(15-17-26)23-7-5-6-19(2)20(23)3/h5-13H,4,14-18H2,1-3H3/b13-10+. The maximum Gasteiger partial charge on any atom is 0.246 e. The van der Waals surface area contributed by atoms with E-state index < -0.39 is 0 Å². The zero-order chi connectivity index (χ0) is 19.9. The molecule has 2 aromatic carbocycles. The van der Waals surface area contributed by atoms with Gasteiger partial charge in [0.2, 0.25) is 5.91 Å². The van der Waals surface area contributed by atoms with Gasteiger partial charge in [0.05, 0.1) is 6.61 Å². The van der Waals surface area contributed by atoms with Crippen LogP contribution in [0.25, 0.3) is 6.08 Å². The van der Waals surface area contributed by atoms with E-state index in [-0.39, 0.29) is 5.91 Å². The Kier molecular flexibility index (Phi) is 6.75. The molecule has 1 saturated heterocycles. The molecule has 4 heteroatoms. The molecule has 148 valence electrons. The van der Waals surface area contributed by atoms with Gasteiger partial charge in [-0.3, -0.25) is 4.79 Å². The molecule has 1 aliphatic heterocycles. The van der Waals surface area contributed by atoms with E-state index >= 15 is 0 Å². The molecule has 0 spiro atoms. The number of carbonyl (C=O) groups is 1. The van der Waals surface area contributed by atoms with Crippen LogP contribution in [-0.4, -0.2) is 43.6 Å². The second kappa shape index (κ2) is 9.45. The summed E-state index contributed by atoms with van der Waals surface area (Å²) in [5.41, 5.74) is 4.93. The first-order chi connectivity index (χ1) is 13.6. The van der Waals surface area contributed by atoms with E-state index in [9.17, 15) is 4.79 Å². The average molecular weight is 379 g/mol. The molecule has 28 heavy (non-hydrogen) atoms. The lowest BCUT2D eigenvalue weighted by Gasteiger charge is -2.36. The van der Waals surface area contributed by atoms with Gasteiger partial charge < -0.3 is 14.5 Å². The SMILES string of the molecule is CCCOc1ccc(/C=C/C(=O)N2CCN(c3cccc(C)c3C)CC2)cc1. The first kappa shape index (κ1) is 20.0. The Balaban J connectivity index is 1.53. The minimum atomic E-state index is 0.0759. The van der Waals surface area contributed by atoms with Crippen molar-refractivity contribution >= 4 is 17.7 Å². The highest BCUT2D eigenvalue weighted by atomic mass is 16.5. The minimum absolute atomic E-state index is 0.0759. The fraction of sp³-hybridized carbons (Fsp3) is 0.375. The van der Waals surface area contributed by atoms with Crippen LogP contribution in [0.15, 0.2) is 48.5 Å². The molecule has 0 atom stereocenters. The number of hydrogen-bond acceptors (Lipinski definition) is 3. The van der Waals surface area contributed by atoms with Gasteiger partial charge in [-0.05, 0) is 61.2 Å². The Morgan fingerprint density at radius 3 is 2.43 bits per heavy atom. The summed E-state index contributed by atoms with van der Waals surface area (Å²) in [6, 6.07) is 14.3. The summed E-state index contributed by atoms with van der Waals surface area (Å²) >= 11 is 0. The van der Waals surface area contributed by atoms with Crippen LogP contribution in [-0.2, 0) is 4.79 Å². The summed E-state index contributed by atoms with van der Waals surface area (Å²) in [7, 11) is 0. The van der Waals surface area contributed by atoms with Crippen molar-refractivity contribution < 1.29 is 9.53 Å². The molecule has 0 bridgehead atoms. The van der Waals surface area contributed by atoms with Gasteiger partial charge in [0.1, 0.15) is 5.75 Å². The monoisotopic (exact) mass is 378 g/mol. The van der Waals surface area contributed by atoms with Gasteiger partial charge in [0, 0.05) is 37.9 Å². The summed E-state index contributed by atoms with van der Waals surface area (Å²) in [6.45, 7) is 10.4. The average Bonchev–Trinajstić information content (AvgIpc) is 2.73. The van der Waals surface area contributed by atoms with E-state index in [2.05, 4.69) is 43.9 Å². The van der Waals surface area contributed by atoms with Crippen LogP contribution < -0.4 is 9.64 Å². The molecule has 4 nitrogen and oxygen atoms in total. The maximum atomic E-state index is 12.5. The Morgan fingerprint density at radius 1 is 1.04 bits per heavy atom. The lowest BCUT2D eigenvalue weighted by Crippen LogP contribution is -2.48. The van der Waals surface area contributed by atoms with E-state index in [0.29, 0.717) is 0 Å². The molecule has 0 aliphatic carbocycles. The van der Waals surface area contributed by atoms with Crippen molar-refractivity contribution in [1.82, 2.24) is 4.90 Å². The molecule has 2 aromatic rings. The summed E-state index contributed by atoms with van der Waals surface area (Å²) in [6.07, 6.45) is 4.55. The van der Waals surface area contributed by atoms with Gasteiger partial charge in [-0.2, -0.15) is 0 Å². The molecule has 0 unspecified atom stereocenters. The van der Waals surface area contributed by atoms with E-state index in [0.717, 1.165) is 50.5 Å². The minimum Gasteiger partial charge on any atom is -0.494 e. The third-order valence-electron chi connectivity index (χ3n) is 5.28. The van der Waals surface area contributed by atoms with Crippen LogP contribution in [0.5, 0.6) is 5.75 Å². The van der Waals surface area contributed by atoms with Gasteiger partial charge in [0.15, 0.2) is 0 Å². The molecule has 3 rings (SSSR count). The van der Waals surface area contributed by atoms with Crippen molar-refractivity contribution in [2.24, 2.45) is 0 Å². The fourth-order valence-electron chi connectivity index (χ4n) is 3.41. The second-order valence-electron chi connectivity index (χ2n) is 7.28. The lowest BCUT2D eigenvalue weighted by molar-refractivity contribution is -0.126. The number of carbonyl (C=O) groups excluding carboxylic acids is 1. The normalized spacial score (nSPS) is 14.5. The van der Waals surface area contributed by atoms with Crippen LogP contribution in [0, 0.1) is 13.8 Å². The van der Waals surface area contributed by atoms with Crippen LogP contribution >= 0.6 is 0 Å². The Hall–Kier alpha value is -2.75. The van der Waals surface area contributed by atoms with Crippen molar-refractivity contribution in [3.8, 4) is 5.75 Å². The smallest absolute Gasteiger partial charge is 0.246 e. The number of benzene rings is 2. The Bertz CT molecular complexity index is 819. The predicted octanol–water partition coefficient (Wildman–Crippen LogP) is 4.45. The molecule has 1 amide bonds. The first-order valence-corrected chi connectivity index (χ1v) is 10.1. The number of rotatable bonds is 6. The molecular weight excluding hydrogens is 348 g/mol. The third kappa shape index (κ3) is 4.94. The summed E-state index contributed by atoms with van der Waals surface area (Å²) in [4.78, 5) is 16.8. The second-order valence-corrected chi connectivity index (χ2v) is 7.28. The molecule has 0 N–H and O–H groups in total. The number of piperazine rings is 1. The zero-order valence-corrected chi connectivity index (χ0v) is 17.1. The number of aryl methyl sites for hydroxylation is 1. The lowest BCUT2D eigenvalue weighted by atomic mass is 10.1. The molecular formula is C24H30N2O2. The molecule has 0 aromatic heterocycles. The topological polar surface area (TPSA) is 32.8 Å². The van der Waals surface area contributed by atoms with Crippen LogP contribution in [0.3, 0.4) is 0 Å². The van der Waals surface area contributed by atoms with Crippen LogP contribution in [0.1, 0.15) is 30.0 Å². The first-order valence-electron chi connectivity index (χ1n) is 10.1. The number of nitrogens with zero attached hydrogens (tertiary/aromatic N) is 2. The highest BCUT2D eigenvalue weighted by Crippen LogP contribution is 2.24. The molecule has 1 heterocycles. The summed E-state index contributed by atoms with van der Waals surface area (Å²) in [5.74, 6) is 0.944. The van der Waals surface area contributed by atoms with Crippen LogP contribution in [0.2, 0.25) is 0 Å². The van der Waals surface area contributed by atoms with Gasteiger partial charge in [0.25, 0.3) is 0 Å². The van der Waals surface area contributed by atoms with Crippen molar-refractivity contribution in [3.05, 3.63) is 65.2 Å². The Labute approximate surface area is 168 Å². The number of hydrogen-bond donors (Lipinski definition) is 0. The number of ether oxygens (including phenoxy) is 1. The number of anilines is 1. The molecule has 1 fully saturated rings. The number of amides is 1. The predicted molar refractivity (Wildman–Crippen MR) is 116 cm³/mol. The van der Waals surface area contributed by atoms with Crippen LogP contribution in [0.4, 0.5) is 5.69 Å². The van der Waals surface area contributed by atoms with Gasteiger partial charge in [-0.15, -0.1) is 0 Å². The third-order valence-corrected chi connectivity index (χ3v) is 5.28. The highest BCUT2D eigenvalue weighted by molar-refractivity contribution is 5.92.